The van der Waals surface area contributed by atoms with Crippen LogP contribution in [0.2, 0.25) is 0 Å². The van der Waals surface area contributed by atoms with Gasteiger partial charge < -0.3 is 5.32 Å². The van der Waals surface area contributed by atoms with E-state index in [9.17, 15) is 4.79 Å². The number of anilines is 1. The molecule has 32 heavy (non-hydrogen) atoms. The second-order valence-corrected chi connectivity index (χ2v) is 8.42. The Bertz CT molecular complexity index is 1210. The van der Waals surface area contributed by atoms with Crippen LogP contribution in [0.25, 0.3) is 11.0 Å². The fraction of sp³-hybridized carbons (Fsp3) is 0.269. The lowest BCUT2D eigenvalue weighted by Crippen LogP contribution is -2.29. The van der Waals surface area contributed by atoms with Crippen molar-refractivity contribution < 1.29 is 4.79 Å². The molecule has 1 N–H and O–H groups in total. The van der Waals surface area contributed by atoms with Gasteiger partial charge >= 0.3 is 0 Å². The van der Waals surface area contributed by atoms with Crippen LogP contribution < -0.4 is 5.32 Å². The number of hydrogen-bond acceptors (Lipinski definition) is 4. The highest BCUT2D eigenvalue weighted by molar-refractivity contribution is 6.04. The summed E-state index contributed by atoms with van der Waals surface area (Å²) < 4.78 is 1.87. The van der Waals surface area contributed by atoms with E-state index < -0.39 is 0 Å². The van der Waals surface area contributed by atoms with Crippen LogP contribution in [0.15, 0.2) is 72.8 Å². The summed E-state index contributed by atoms with van der Waals surface area (Å²) >= 11 is 0. The first-order valence-corrected chi connectivity index (χ1v) is 11.2. The van der Waals surface area contributed by atoms with Crippen molar-refractivity contribution in [2.24, 2.45) is 0 Å². The molecular formula is C26H27N5O. The molecule has 0 saturated carbocycles. The van der Waals surface area contributed by atoms with E-state index >= 15 is 0 Å². The van der Waals surface area contributed by atoms with Crippen LogP contribution in [-0.4, -0.2) is 38.9 Å². The highest BCUT2D eigenvalue weighted by Gasteiger charge is 2.12. The molecule has 2 heterocycles. The highest BCUT2D eigenvalue weighted by atomic mass is 16.1. The SMILES string of the molecule is O=C(Nc1cccc(CN2CCCCC2)c1)c1ccc(Cn2nnc3ccccc32)cc1. The average molecular weight is 426 g/mol. The number of piperidine rings is 1. The molecule has 6 heteroatoms. The first-order chi connectivity index (χ1) is 15.7. The lowest BCUT2D eigenvalue weighted by molar-refractivity contribution is 0.102. The minimum Gasteiger partial charge on any atom is -0.322 e. The Morgan fingerprint density at radius 2 is 1.66 bits per heavy atom. The summed E-state index contributed by atoms with van der Waals surface area (Å²) in [6.45, 7) is 3.87. The number of fused-ring (bicyclic) bond motifs is 1. The summed E-state index contributed by atoms with van der Waals surface area (Å²) in [6.07, 6.45) is 3.89. The Morgan fingerprint density at radius 3 is 2.50 bits per heavy atom. The molecule has 5 rings (SSSR count). The third kappa shape index (κ3) is 4.70. The smallest absolute Gasteiger partial charge is 0.255 e. The molecule has 1 aromatic heterocycles. The van der Waals surface area contributed by atoms with Crippen LogP contribution in [-0.2, 0) is 13.1 Å². The number of amides is 1. The zero-order chi connectivity index (χ0) is 21.8. The Balaban J connectivity index is 1.22. The average Bonchev–Trinajstić information content (AvgIpc) is 3.23. The molecular weight excluding hydrogens is 398 g/mol. The van der Waals surface area contributed by atoms with Crippen LogP contribution >= 0.6 is 0 Å². The number of hydrogen-bond donors (Lipinski definition) is 1. The zero-order valence-electron chi connectivity index (χ0n) is 18.1. The van der Waals surface area contributed by atoms with Crippen LogP contribution in [0.5, 0.6) is 0 Å². The molecule has 6 nitrogen and oxygen atoms in total. The predicted octanol–water partition coefficient (Wildman–Crippen LogP) is 4.72. The van der Waals surface area contributed by atoms with Gasteiger partial charge in [-0.25, -0.2) is 4.68 Å². The molecule has 1 amide bonds. The third-order valence-corrected chi connectivity index (χ3v) is 6.01. The Labute approximate surface area is 187 Å². The van der Waals surface area contributed by atoms with Crippen molar-refractivity contribution in [2.75, 3.05) is 18.4 Å². The molecule has 3 aromatic carbocycles. The van der Waals surface area contributed by atoms with Gasteiger partial charge in [0, 0.05) is 17.8 Å². The van der Waals surface area contributed by atoms with E-state index in [1.54, 1.807) is 0 Å². The summed E-state index contributed by atoms with van der Waals surface area (Å²) in [4.78, 5) is 15.3. The monoisotopic (exact) mass is 425 g/mol. The number of carbonyl (C=O) groups excluding carboxylic acids is 1. The van der Waals surface area contributed by atoms with Gasteiger partial charge in [-0.1, -0.05) is 48.0 Å². The summed E-state index contributed by atoms with van der Waals surface area (Å²) in [5, 5.41) is 11.5. The normalized spacial score (nSPS) is 14.5. The molecule has 0 spiro atoms. The van der Waals surface area contributed by atoms with Crippen LogP contribution in [0, 0.1) is 0 Å². The first kappa shape index (κ1) is 20.4. The van der Waals surface area contributed by atoms with Crippen LogP contribution in [0.4, 0.5) is 5.69 Å². The summed E-state index contributed by atoms with van der Waals surface area (Å²) in [7, 11) is 0. The van der Waals surface area contributed by atoms with Gasteiger partial charge in [-0.15, -0.1) is 5.10 Å². The molecule has 0 bridgehead atoms. The third-order valence-electron chi connectivity index (χ3n) is 6.01. The number of aromatic nitrogens is 3. The van der Waals surface area contributed by atoms with Gasteiger partial charge in [0.05, 0.1) is 12.1 Å². The fourth-order valence-electron chi connectivity index (χ4n) is 4.30. The number of nitrogens with zero attached hydrogens (tertiary/aromatic N) is 4. The van der Waals surface area contributed by atoms with Crippen molar-refractivity contribution in [3.63, 3.8) is 0 Å². The lowest BCUT2D eigenvalue weighted by Gasteiger charge is -2.26. The largest absolute Gasteiger partial charge is 0.322 e. The molecule has 0 radical (unpaired) electrons. The van der Waals surface area contributed by atoms with Gasteiger partial charge in [0.2, 0.25) is 0 Å². The topological polar surface area (TPSA) is 63.1 Å². The van der Waals surface area contributed by atoms with E-state index in [1.807, 2.05) is 65.3 Å². The fourth-order valence-corrected chi connectivity index (χ4v) is 4.30. The van der Waals surface area contributed by atoms with Crippen molar-refractivity contribution in [3.05, 3.63) is 89.5 Å². The number of para-hydroxylation sites is 1. The molecule has 1 aliphatic heterocycles. The molecule has 1 saturated heterocycles. The zero-order valence-corrected chi connectivity index (χ0v) is 18.1. The van der Waals surface area contributed by atoms with Crippen molar-refractivity contribution in [2.45, 2.75) is 32.4 Å². The quantitative estimate of drug-likeness (QED) is 0.486. The Kier molecular flexibility index (Phi) is 5.94. The van der Waals surface area contributed by atoms with Crippen molar-refractivity contribution in [1.82, 2.24) is 19.9 Å². The maximum absolute atomic E-state index is 12.8. The van der Waals surface area contributed by atoms with Gasteiger partial charge in [0.1, 0.15) is 5.52 Å². The number of benzene rings is 3. The minimum atomic E-state index is -0.0992. The van der Waals surface area contributed by atoms with Gasteiger partial charge in [0.25, 0.3) is 5.91 Å². The minimum absolute atomic E-state index is 0.0992. The van der Waals surface area contributed by atoms with Gasteiger partial charge in [-0.05, 0) is 73.5 Å². The molecule has 4 aromatic rings. The van der Waals surface area contributed by atoms with Gasteiger partial charge in [-0.3, -0.25) is 9.69 Å². The summed E-state index contributed by atoms with van der Waals surface area (Å²) in [6, 6.07) is 23.7. The Hall–Kier alpha value is -3.51. The second-order valence-electron chi connectivity index (χ2n) is 8.42. The lowest BCUT2D eigenvalue weighted by atomic mass is 10.1. The molecule has 1 aliphatic rings. The highest BCUT2D eigenvalue weighted by Crippen LogP contribution is 2.18. The van der Waals surface area contributed by atoms with Crippen molar-refractivity contribution in [3.8, 4) is 0 Å². The van der Waals surface area contributed by atoms with Crippen molar-refractivity contribution in [1.29, 1.82) is 0 Å². The molecule has 1 fully saturated rings. The van der Waals surface area contributed by atoms with E-state index in [1.165, 1.54) is 24.8 Å². The molecule has 0 unspecified atom stereocenters. The van der Waals surface area contributed by atoms with Crippen LogP contribution in [0.3, 0.4) is 0 Å². The number of rotatable bonds is 6. The van der Waals surface area contributed by atoms with Crippen molar-refractivity contribution >= 4 is 22.6 Å². The van der Waals surface area contributed by atoms with Gasteiger partial charge in [-0.2, -0.15) is 0 Å². The number of nitrogens with one attached hydrogen (secondary N) is 1. The maximum Gasteiger partial charge on any atom is 0.255 e. The second kappa shape index (κ2) is 9.32. The predicted molar refractivity (Wildman–Crippen MR) is 127 cm³/mol. The maximum atomic E-state index is 12.8. The van der Waals surface area contributed by atoms with E-state index in [0.717, 1.165) is 41.9 Å². The molecule has 0 aliphatic carbocycles. The van der Waals surface area contributed by atoms with Crippen LogP contribution in [0.1, 0.15) is 40.7 Å². The number of carbonyl (C=O) groups is 1. The Morgan fingerprint density at radius 1 is 0.844 bits per heavy atom. The first-order valence-electron chi connectivity index (χ1n) is 11.2. The van der Waals surface area contributed by atoms with Gasteiger partial charge in [0.15, 0.2) is 0 Å². The number of likely N-dealkylation sites (tertiary alicyclic amines) is 1. The summed E-state index contributed by atoms with van der Waals surface area (Å²) in [5.74, 6) is -0.0992. The molecule has 162 valence electrons. The van der Waals surface area contributed by atoms with E-state index in [2.05, 4.69) is 32.7 Å². The standard InChI is InChI=1S/C26H27N5O/c32-26(27-23-8-6-7-21(17-23)18-30-15-4-1-5-16-30)22-13-11-20(12-14-22)19-31-25-10-3-2-9-24(25)28-29-31/h2-3,6-14,17H,1,4-5,15-16,18-19H2,(H,27,32). The summed E-state index contributed by atoms with van der Waals surface area (Å²) in [5.41, 5.74) is 5.66. The van der Waals surface area contributed by atoms with E-state index in [-0.39, 0.29) is 5.91 Å². The van der Waals surface area contributed by atoms with E-state index in [0.29, 0.717) is 12.1 Å². The van der Waals surface area contributed by atoms with E-state index in [4.69, 9.17) is 0 Å². The molecule has 0 atom stereocenters.